The molecule has 0 aliphatic rings. The van der Waals surface area contributed by atoms with Crippen molar-refractivity contribution < 1.29 is 17.9 Å². The van der Waals surface area contributed by atoms with Crippen molar-refractivity contribution in [3.05, 3.63) is 23.5 Å². The maximum Gasteiger partial charge on any atom is 0.573 e. The number of ether oxygens (including phenoxy) is 1. The predicted octanol–water partition coefficient (Wildman–Crippen LogP) is 2.75. The molecule has 0 aromatic carbocycles. The zero-order valence-electron chi connectivity index (χ0n) is 7.18. The number of hydrogen-bond donors (Lipinski definition) is 0. The molecule has 0 fully saturated rings. The van der Waals surface area contributed by atoms with Gasteiger partial charge in [0, 0.05) is 11.5 Å². The Bertz CT molecular complexity index is 400. The van der Waals surface area contributed by atoms with E-state index in [1.54, 1.807) is 0 Å². The number of alkyl halides is 4. The number of hydrogen-bond acceptors (Lipinski definition) is 3. The molecule has 1 rings (SSSR count). The average Bonchev–Trinajstić information content (AvgIpc) is 2.15. The van der Waals surface area contributed by atoms with E-state index in [2.05, 4.69) is 25.7 Å². The van der Waals surface area contributed by atoms with E-state index in [1.165, 1.54) is 12.3 Å². The molecule has 0 aliphatic carbocycles. The fourth-order valence-corrected chi connectivity index (χ4v) is 1.15. The van der Waals surface area contributed by atoms with Gasteiger partial charge >= 0.3 is 6.36 Å². The largest absolute Gasteiger partial charge is 0.573 e. The summed E-state index contributed by atoms with van der Waals surface area (Å²) in [6, 6.07) is 2.64. The van der Waals surface area contributed by atoms with E-state index < -0.39 is 17.8 Å². The second-order valence-corrected chi connectivity index (χ2v) is 3.04. The van der Waals surface area contributed by atoms with Gasteiger partial charge in [0.1, 0.15) is 6.07 Å². The van der Waals surface area contributed by atoms with Crippen LogP contribution in [-0.2, 0) is 5.33 Å². The molecule has 0 radical (unpaired) electrons. The molecule has 0 saturated heterocycles. The lowest BCUT2D eigenvalue weighted by Gasteiger charge is -2.10. The molecule has 3 nitrogen and oxygen atoms in total. The highest BCUT2D eigenvalue weighted by atomic mass is 79.9. The second-order valence-electron chi connectivity index (χ2n) is 2.48. The molecule has 7 heteroatoms. The lowest BCUT2D eigenvalue weighted by atomic mass is 10.2. The van der Waals surface area contributed by atoms with E-state index in [0.29, 0.717) is 10.9 Å². The van der Waals surface area contributed by atoms with Gasteiger partial charge in [-0.25, -0.2) is 4.98 Å². The van der Waals surface area contributed by atoms with Gasteiger partial charge in [-0.3, -0.25) is 0 Å². The van der Waals surface area contributed by atoms with Crippen LogP contribution >= 0.6 is 15.9 Å². The van der Waals surface area contributed by atoms with Crippen molar-refractivity contribution in [2.45, 2.75) is 11.7 Å². The van der Waals surface area contributed by atoms with Crippen molar-refractivity contribution >= 4 is 15.9 Å². The van der Waals surface area contributed by atoms with Gasteiger partial charge < -0.3 is 4.74 Å². The molecule has 0 amide bonds. The Hall–Kier alpha value is -1.29. The van der Waals surface area contributed by atoms with E-state index in [-0.39, 0.29) is 0 Å². The molecule has 0 bridgehead atoms. The van der Waals surface area contributed by atoms with E-state index in [4.69, 9.17) is 5.26 Å². The molecule has 0 saturated carbocycles. The van der Waals surface area contributed by atoms with Gasteiger partial charge in [0.2, 0.25) is 0 Å². The average molecular weight is 281 g/mol. The minimum atomic E-state index is -4.82. The van der Waals surface area contributed by atoms with Gasteiger partial charge in [0.15, 0.2) is 11.4 Å². The van der Waals surface area contributed by atoms with Crippen LogP contribution in [0, 0.1) is 11.3 Å². The molecule has 80 valence electrons. The van der Waals surface area contributed by atoms with Crippen molar-refractivity contribution in [3.8, 4) is 11.8 Å². The smallest absolute Gasteiger partial charge is 0.403 e. The van der Waals surface area contributed by atoms with Crippen molar-refractivity contribution in [2.24, 2.45) is 0 Å². The first-order chi connectivity index (χ1) is 6.96. The molecule has 0 unspecified atom stereocenters. The number of nitriles is 1. The lowest BCUT2D eigenvalue weighted by Crippen LogP contribution is -2.18. The SMILES string of the molecule is N#Cc1ncc(CBr)cc1OC(F)(F)F. The fraction of sp³-hybridized carbons (Fsp3) is 0.250. The molecule has 0 N–H and O–H groups in total. The van der Waals surface area contributed by atoms with Crippen LogP contribution in [0.2, 0.25) is 0 Å². The Morgan fingerprint density at radius 2 is 2.20 bits per heavy atom. The summed E-state index contributed by atoms with van der Waals surface area (Å²) in [5, 5.41) is 8.84. The minimum Gasteiger partial charge on any atom is -0.403 e. The first kappa shape index (κ1) is 11.8. The van der Waals surface area contributed by atoms with E-state index in [1.807, 2.05) is 0 Å². The zero-order valence-corrected chi connectivity index (χ0v) is 8.76. The van der Waals surface area contributed by atoms with Crippen LogP contribution in [0.1, 0.15) is 11.3 Å². The normalized spacial score (nSPS) is 10.9. The molecule has 0 atom stereocenters. The van der Waals surface area contributed by atoms with Crippen molar-refractivity contribution in [2.75, 3.05) is 0 Å². The summed E-state index contributed by atoms with van der Waals surface area (Å²) in [6.45, 7) is 0. The van der Waals surface area contributed by atoms with E-state index in [0.717, 1.165) is 6.07 Å². The van der Waals surface area contributed by atoms with Crippen LogP contribution in [0.25, 0.3) is 0 Å². The summed E-state index contributed by atoms with van der Waals surface area (Å²) in [5.74, 6) is -0.582. The highest BCUT2D eigenvalue weighted by molar-refractivity contribution is 9.08. The predicted molar refractivity (Wildman–Crippen MR) is 48.3 cm³/mol. The number of nitrogens with zero attached hydrogens (tertiary/aromatic N) is 2. The molecule has 0 aliphatic heterocycles. The summed E-state index contributed by atoms with van der Waals surface area (Å²) in [6.07, 6.45) is -3.52. The maximum atomic E-state index is 11.9. The molecular weight excluding hydrogens is 277 g/mol. The summed E-state index contributed by atoms with van der Waals surface area (Å²) < 4.78 is 39.4. The maximum absolute atomic E-state index is 11.9. The van der Waals surface area contributed by atoms with Crippen molar-refractivity contribution in [1.29, 1.82) is 5.26 Å². The van der Waals surface area contributed by atoms with Gasteiger partial charge in [0.25, 0.3) is 0 Å². The molecule has 0 spiro atoms. The fourth-order valence-electron chi connectivity index (χ4n) is 0.845. The topological polar surface area (TPSA) is 45.9 Å². The summed E-state index contributed by atoms with van der Waals surface area (Å²) in [5.41, 5.74) is 0.102. The number of halogens is 4. The molecule has 1 aromatic rings. The van der Waals surface area contributed by atoms with E-state index >= 15 is 0 Å². The van der Waals surface area contributed by atoms with Gasteiger partial charge in [-0.15, -0.1) is 13.2 Å². The van der Waals surface area contributed by atoms with Crippen LogP contribution in [0.4, 0.5) is 13.2 Å². The Balaban J connectivity index is 3.08. The number of aromatic nitrogens is 1. The van der Waals surface area contributed by atoms with Gasteiger partial charge in [-0.05, 0) is 11.6 Å². The third-order valence-electron chi connectivity index (χ3n) is 1.40. The van der Waals surface area contributed by atoms with Gasteiger partial charge in [-0.2, -0.15) is 5.26 Å². The van der Waals surface area contributed by atoms with E-state index in [9.17, 15) is 13.2 Å². The summed E-state index contributed by atoms with van der Waals surface area (Å²) >= 11 is 3.06. The summed E-state index contributed by atoms with van der Waals surface area (Å²) in [7, 11) is 0. The number of pyridine rings is 1. The monoisotopic (exact) mass is 280 g/mol. The Kier molecular flexibility index (Phi) is 3.52. The zero-order chi connectivity index (χ0) is 11.5. The standard InChI is InChI=1S/C8H4BrF3N2O/c9-2-5-1-7(15-8(10,11)12)6(3-13)14-4-5/h1,4H,2H2. The Labute approximate surface area is 91.6 Å². The molecule has 1 aromatic heterocycles. The Morgan fingerprint density at radius 1 is 1.53 bits per heavy atom. The van der Waals surface area contributed by atoms with Crippen LogP contribution < -0.4 is 4.74 Å². The minimum absolute atomic E-state index is 0.333. The van der Waals surface area contributed by atoms with Crippen LogP contribution in [0.5, 0.6) is 5.75 Å². The van der Waals surface area contributed by atoms with Crippen molar-refractivity contribution in [3.63, 3.8) is 0 Å². The van der Waals surface area contributed by atoms with Gasteiger partial charge in [0.05, 0.1) is 0 Å². The second kappa shape index (κ2) is 4.49. The Morgan fingerprint density at radius 3 is 2.67 bits per heavy atom. The van der Waals surface area contributed by atoms with Crippen LogP contribution in [0.15, 0.2) is 12.3 Å². The third kappa shape index (κ3) is 3.40. The van der Waals surface area contributed by atoms with Gasteiger partial charge in [-0.1, -0.05) is 15.9 Å². The highest BCUT2D eigenvalue weighted by Gasteiger charge is 2.32. The van der Waals surface area contributed by atoms with Crippen LogP contribution in [-0.4, -0.2) is 11.3 Å². The lowest BCUT2D eigenvalue weighted by molar-refractivity contribution is -0.274. The first-order valence-corrected chi connectivity index (χ1v) is 4.79. The highest BCUT2D eigenvalue weighted by Crippen LogP contribution is 2.26. The van der Waals surface area contributed by atoms with Crippen LogP contribution in [0.3, 0.4) is 0 Å². The first-order valence-electron chi connectivity index (χ1n) is 3.67. The van der Waals surface area contributed by atoms with Crippen molar-refractivity contribution in [1.82, 2.24) is 4.98 Å². The number of rotatable bonds is 2. The summed E-state index contributed by atoms with van der Waals surface area (Å²) in [4.78, 5) is 3.54. The quantitative estimate of drug-likeness (QED) is 0.783. The molecular formula is C8H4BrF3N2O. The third-order valence-corrected chi connectivity index (χ3v) is 2.04. The molecule has 1 heterocycles. The molecule has 15 heavy (non-hydrogen) atoms.